The summed E-state index contributed by atoms with van der Waals surface area (Å²) in [5.74, 6) is -3.23. The summed E-state index contributed by atoms with van der Waals surface area (Å²) in [4.78, 5) is 38.4. The number of rotatable bonds is 13. The number of nitrogens with two attached hydrogens (primary N) is 1. The number of aliphatic carboxylic acids is 1. The summed E-state index contributed by atoms with van der Waals surface area (Å²) < 4.78 is 29.0. The van der Waals surface area contributed by atoms with Gasteiger partial charge in [-0.2, -0.15) is 11.8 Å². The lowest BCUT2D eigenvalue weighted by atomic mass is 10.1. The van der Waals surface area contributed by atoms with Crippen molar-refractivity contribution in [3.05, 3.63) is 0 Å². The maximum atomic E-state index is 12.1. The molecule has 0 radical (unpaired) electrons. The standard InChI is InChI=1S/C12H23N3O7S/c13-8(12(19)20)1-2-10(17)15-9(7-23-6-4-16)11(18)14-3-5-22-21/h8-9,16,21H,1-7,13H2,(H,14,18)(H,15,17)(H,19,20)/t8-,9-/m1/s1/i4D2,6D2. The van der Waals surface area contributed by atoms with Crippen molar-refractivity contribution in [1.29, 1.82) is 0 Å². The average Bonchev–Trinajstić information content (AvgIpc) is 2.55. The molecule has 0 saturated carbocycles. The SMILES string of the molecule is [2H]C([2H])(O)C([2H])([2H])SC[C@@H](NC(=O)CC[C@@H](N)C(=O)O)C(=O)NCCOO. The second kappa shape index (κ2) is 13.1. The van der Waals surface area contributed by atoms with Crippen molar-refractivity contribution in [2.45, 2.75) is 24.9 Å². The van der Waals surface area contributed by atoms with Gasteiger partial charge in [0.05, 0.1) is 15.9 Å². The number of nitrogens with one attached hydrogen (secondary N) is 2. The Kier molecular flexibility index (Phi) is 8.61. The molecule has 2 amide bonds. The number of carboxylic acids is 1. The van der Waals surface area contributed by atoms with Gasteiger partial charge in [-0.1, -0.05) is 0 Å². The lowest BCUT2D eigenvalue weighted by molar-refractivity contribution is -0.240. The van der Waals surface area contributed by atoms with Crippen molar-refractivity contribution in [3.63, 3.8) is 0 Å². The minimum Gasteiger partial charge on any atom is -0.480 e. The molecular weight excluding hydrogens is 330 g/mol. The molecule has 0 spiro atoms. The third-order valence-corrected chi connectivity index (χ3v) is 3.25. The van der Waals surface area contributed by atoms with Gasteiger partial charge in [0.1, 0.15) is 12.1 Å². The van der Waals surface area contributed by atoms with Crippen molar-refractivity contribution >= 4 is 29.5 Å². The molecule has 0 aliphatic rings. The smallest absolute Gasteiger partial charge is 0.320 e. The Hall–Kier alpha value is -1.40. The zero-order chi connectivity index (χ0) is 21.3. The Morgan fingerprint density at radius 3 is 2.65 bits per heavy atom. The number of carboxylic acid groups (broad SMARTS) is 1. The summed E-state index contributed by atoms with van der Waals surface area (Å²) in [7, 11) is 0. The van der Waals surface area contributed by atoms with Crippen molar-refractivity contribution < 1.29 is 40.2 Å². The van der Waals surface area contributed by atoms with Gasteiger partial charge in [-0.05, 0) is 6.42 Å². The summed E-state index contributed by atoms with van der Waals surface area (Å²) >= 11 is 0.266. The number of thioether (sulfide) groups is 1. The zero-order valence-electron chi connectivity index (χ0n) is 16.2. The first-order valence-electron chi connectivity index (χ1n) is 8.50. The van der Waals surface area contributed by atoms with Gasteiger partial charge >= 0.3 is 5.97 Å². The molecule has 0 bridgehead atoms. The molecule has 0 aliphatic heterocycles. The minimum absolute atomic E-state index is 0.121. The summed E-state index contributed by atoms with van der Waals surface area (Å²) in [6.45, 7) is -3.56. The van der Waals surface area contributed by atoms with Crippen molar-refractivity contribution in [2.75, 3.05) is 31.2 Å². The highest BCUT2D eigenvalue weighted by Gasteiger charge is 2.21. The predicted molar refractivity (Wildman–Crippen MR) is 82.8 cm³/mol. The first kappa shape index (κ1) is 15.1. The second-order valence-electron chi connectivity index (χ2n) is 4.25. The van der Waals surface area contributed by atoms with Gasteiger partial charge in [0.25, 0.3) is 0 Å². The van der Waals surface area contributed by atoms with Gasteiger partial charge in [0.15, 0.2) is 0 Å². The van der Waals surface area contributed by atoms with Crippen molar-refractivity contribution in [3.8, 4) is 0 Å². The highest BCUT2D eigenvalue weighted by Crippen LogP contribution is 2.04. The Balaban J connectivity index is 4.90. The molecule has 0 aliphatic carbocycles. The monoisotopic (exact) mass is 357 g/mol. The van der Waals surface area contributed by atoms with Gasteiger partial charge < -0.3 is 26.6 Å². The summed E-state index contributed by atoms with van der Waals surface area (Å²) in [6, 6.07) is -2.59. The predicted octanol–water partition coefficient (Wildman–Crippen LogP) is -2.01. The van der Waals surface area contributed by atoms with E-state index in [2.05, 4.69) is 15.5 Å². The normalized spacial score (nSPS) is 17.0. The van der Waals surface area contributed by atoms with Gasteiger partial charge in [-0.25, -0.2) is 4.89 Å². The van der Waals surface area contributed by atoms with E-state index in [9.17, 15) is 19.5 Å². The zero-order valence-corrected chi connectivity index (χ0v) is 13.0. The molecule has 0 aromatic carbocycles. The molecular formula is C12H23N3O7S. The number of amides is 2. The Morgan fingerprint density at radius 1 is 1.39 bits per heavy atom. The molecule has 2 atom stereocenters. The highest BCUT2D eigenvalue weighted by molar-refractivity contribution is 7.99. The third kappa shape index (κ3) is 10.9. The van der Waals surface area contributed by atoms with Crippen LogP contribution in [-0.4, -0.2) is 76.5 Å². The van der Waals surface area contributed by atoms with E-state index in [0.29, 0.717) is 0 Å². The first-order chi connectivity index (χ1) is 12.3. The fourth-order valence-corrected chi connectivity index (χ4v) is 1.91. The van der Waals surface area contributed by atoms with Crippen molar-refractivity contribution in [1.82, 2.24) is 10.6 Å². The third-order valence-electron chi connectivity index (χ3n) is 2.51. The van der Waals surface area contributed by atoms with Gasteiger partial charge in [0.2, 0.25) is 11.8 Å². The van der Waals surface area contributed by atoms with E-state index in [0.717, 1.165) is 0 Å². The van der Waals surface area contributed by atoms with E-state index < -0.39 is 47.9 Å². The number of carbonyl (C=O) groups is 3. The molecule has 7 N–H and O–H groups in total. The van der Waals surface area contributed by atoms with E-state index in [1.807, 2.05) is 0 Å². The topological polar surface area (TPSA) is 171 Å². The maximum Gasteiger partial charge on any atom is 0.320 e. The minimum atomic E-state index is -3.19. The second-order valence-corrected chi connectivity index (χ2v) is 5.08. The van der Waals surface area contributed by atoms with Crippen LogP contribution in [0.15, 0.2) is 0 Å². The number of aliphatic hydroxyl groups is 1. The molecule has 0 aromatic heterocycles. The Bertz CT molecular complexity index is 522. The van der Waals surface area contributed by atoms with Crippen LogP contribution in [0.5, 0.6) is 0 Å². The van der Waals surface area contributed by atoms with E-state index in [-0.39, 0.29) is 37.8 Å². The van der Waals surface area contributed by atoms with E-state index in [1.165, 1.54) is 0 Å². The Labute approximate surface area is 143 Å². The molecule has 11 heteroatoms. The van der Waals surface area contributed by atoms with Crippen LogP contribution in [0, 0.1) is 0 Å². The van der Waals surface area contributed by atoms with E-state index in [1.54, 1.807) is 0 Å². The molecule has 0 fully saturated rings. The van der Waals surface area contributed by atoms with Crippen LogP contribution in [0.4, 0.5) is 0 Å². The van der Waals surface area contributed by atoms with Crippen LogP contribution in [0.3, 0.4) is 0 Å². The van der Waals surface area contributed by atoms with Crippen LogP contribution in [0.25, 0.3) is 0 Å². The number of hydrogen-bond acceptors (Lipinski definition) is 8. The fraction of sp³-hybridized carbons (Fsp3) is 0.750. The van der Waals surface area contributed by atoms with Gasteiger partial charge in [0, 0.05) is 27.2 Å². The summed E-state index contributed by atoms with van der Waals surface area (Å²) in [6.07, 6.45) is -0.504. The fourth-order valence-electron chi connectivity index (χ4n) is 1.36. The lowest BCUT2D eigenvalue weighted by Crippen LogP contribution is -2.49. The maximum absolute atomic E-state index is 12.1. The molecule has 0 unspecified atom stereocenters. The lowest BCUT2D eigenvalue weighted by Gasteiger charge is -2.18. The van der Waals surface area contributed by atoms with Gasteiger partial charge in [-0.3, -0.25) is 19.6 Å². The van der Waals surface area contributed by atoms with Crippen LogP contribution in [-0.2, 0) is 19.3 Å². The molecule has 23 heavy (non-hydrogen) atoms. The molecule has 0 saturated heterocycles. The molecule has 134 valence electrons. The molecule has 0 rings (SSSR count). The van der Waals surface area contributed by atoms with E-state index in [4.69, 9.17) is 21.6 Å². The van der Waals surface area contributed by atoms with Gasteiger partial charge in [-0.15, -0.1) is 0 Å². The molecule has 10 nitrogen and oxygen atoms in total. The average molecular weight is 357 g/mol. The van der Waals surface area contributed by atoms with Crippen LogP contribution < -0.4 is 16.4 Å². The largest absolute Gasteiger partial charge is 0.480 e. The highest BCUT2D eigenvalue weighted by atomic mass is 32.2. The number of hydrogen-bond donors (Lipinski definition) is 6. The molecule has 0 aromatic rings. The summed E-state index contributed by atoms with van der Waals surface area (Å²) in [5, 5.41) is 30.7. The van der Waals surface area contributed by atoms with Crippen LogP contribution >= 0.6 is 11.8 Å². The Morgan fingerprint density at radius 2 is 2.09 bits per heavy atom. The van der Waals surface area contributed by atoms with Crippen LogP contribution in [0.2, 0.25) is 0 Å². The van der Waals surface area contributed by atoms with E-state index >= 15 is 0 Å². The molecule has 0 heterocycles. The first-order valence-corrected chi connectivity index (χ1v) is 7.48. The van der Waals surface area contributed by atoms with Crippen LogP contribution in [0.1, 0.15) is 18.3 Å². The summed E-state index contributed by atoms with van der Waals surface area (Å²) in [5.41, 5.74) is 2.51. The quantitative estimate of drug-likeness (QED) is 0.124. The number of carbonyl (C=O) groups excluding carboxylic acids is 2. The van der Waals surface area contributed by atoms with Crippen molar-refractivity contribution in [2.24, 2.45) is 5.73 Å².